The number of hydrogen-bond donors (Lipinski definition) is 1. The fraction of sp³-hybridized carbons (Fsp3) is 0.160. The second-order valence-corrected chi connectivity index (χ2v) is 7.90. The molecule has 0 saturated heterocycles. The third-order valence-electron chi connectivity index (χ3n) is 5.12. The predicted molar refractivity (Wildman–Crippen MR) is 124 cm³/mol. The van der Waals surface area contributed by atoms with Gasteiger partial charge in [0, 0.05) is 11.8 Å². The molecule has 5 nitrogen and oxygen atoms in total. The molecule has 156 valence electrons. The number of nitrogens with zero attached hydrogens (tertiary/aromatic N) is 1. The summed E-state index contributed by atoms with van der Waals surface area (Å²) in [6.45, 7) is 1.97. The summed E-state index contributed by atoms with van der Waals surface area (Å²) in [7, 11) is 0. The minimum absolute atomic E-state index is 0.0561. The van der Waals surface area contributed by atoms with Crippen molar-refractivity contribution in [3.63, 3.8) is 0 Å². The molecule has 0 fully saturated rings. The summed E-state index contributed by atoms with van der Waals surface area (Å²) in [5.74, 6) is -1.09. The van der Waals surface area contributed by atoms with E-state index in [1.54, 1.807) is 6.92 Å². The van der Waals surface area contributed by atoms with E-state index in [0.717, 1.165) is 21.9 Å². The van der Waals surface area contributed by atoms with Crippen molar-refractivity contribution in [1.82, 2.24) is 4.98 Å². The van der Waals surface area contributed by atoms with Crippen molar-refractivity contribution in [1.29, 1.82) is 0 Å². The van der Waals surface area contributed by atoms with Crippen LogP contribution in [0.1, 0.15) is 30.3 Å². The molecule has 0 spiro atoms. The van der Waals surface area contributed by atoms with Gasteiger partial charge in [0.05, 0.1) is 23.0 Å². The molecule has 0 bridgehead atoms. The molecular formula is C25H20BrNO4. The second kappa shape index (κ2) is 8.86. The summed E-state index contributed by atoms with van der Waals surface area (Å²) in [5.41, 5.74) is 2.54. The van der Waals surface area contributed by atoms with E-state index in [1.165, 1.54) is 0 Å². The molecule has 6 heteroatoms. The molecule has 0 radical (unpaired) electrons. The first-order valence-corrected chi connectivity index (χ1v) is 10.8. The van der Waals surface area contributed by atoms with Crippen LogP contribution in [-0.4, -0.2) is 28.4 Å². The van der Waals surface area contributed by atoms with Gasteiger partial charge in [0.15, 0.2) is 11.5 Å². The number of halogens is 1. The lowest BCUT2D eigenvalue weighted by Gasteiger charge is -2.11. The van der Waals surface area contributed by atoms with Gasteiger partial charge >= 0.3 is 5.97 Å². The van der Waals surface area contributed by atoms with Gasteiger partial charge in [-0.15, -0.1) is 0 Å². The number of esters is 1. The number of carbonyl (C=O) groups excluding carboxylic acids is 2. The number of ether oxygens (including phenoxy) is 1. The molecule has 0 aliphatic heterocycles. The lowest BCUT2D eigenvalue weighted by molar-refractivity contribution is -0.143. The Hall–Kier alpha value is -3.25. The lowest BCUT2D eigenvalue weighted by atomic mass is 9.97. The van der Waals surface area contributed by atoms with E-state index in [2.05, 4.69) is 39.1 Å². The largest absolute Gasteiger partial charge is 0.504 e. The van der Waals surface area contributed by atoms with Crippen LogP contribution in [-0.2, 0) is 9.53 Å². The van der Waals surface area contributed by atoms with Crippen LogP contribution < -0.4 is 0 Å². The molecule has 1 N–H and O–H groups in total. The average molecular weight is 478 g/mol. The average Bonchev–Trinajstić information content (AvgIpc) is 2.79. The topological polar surface area (TPSA) is 76.5 Å². The molecule has 0 unspecified atom stereocenters. The maximum atomic E-state index is 12.6. The summed E-state index contributed by atoms with van der Waals surface area (Å²) < 4.78 is 5.27. The Morgan fingerprint density at radius 1 is 1.00 bits per heavy atom. The highest BCUT2D eigenvalue weighted by atomic mass is 79.9. The third-order valence-corrected chi connectivity index (χ3v) is 5.93. The number of Topliss-reactive ketones (excluding diaryl/α,β-unsaturated/α-hetero) is 1. The Labute approximate surface area is 187 Å². The van der Waals surface area contributed by atoms with Crippen LogP contribution in [0, 0.1) is 0 Å². The number of hydrogen-bond acceptors (Lipinski definition) is 5. The van der Waals surface area contributed by atoms with E-state index in [-0.39, 0.29) is 30.9 Å². The number of rotatable bonds is 6. The van der Waals surface area contributed by atoms with Crippen LogP contribution in [0.2, 0.25) is 0 Å². The van der Waals surface area contributed by atoms with Crippen molar-refractivity contribution >= 4 is 49.4 Å². The zero-order valence-corrected chi connectivity index (χ0v) is 18.5. The Bertz CT molecular complexity index is 1310. The highest BCUT2D eigenvalue weighted by molar-refractivity contribution is 9.10. The molecule has 0 aliphatic carbocycles. The standard InChI is InChI=1S/C25H20BrNO4/c1-2-31-22(29)13-12-21(28)24-25(30)23(26)19-11-10-16(14-20(19)27-24)18-9-5-7-15-6-3-4-8-17(15)18/h3-11,14,30H,2,12-13H2,1H3. The number of pyridine rings is 1. The van der Waals surface area contributed by atoms with Crippen molar-refractivity contribution in [3.05, 3.63) is 70.8 Å². The zero-order valence-electron chi connectivity index (χ0n) is 16.9. The molecule has 3 aromatic carbocycles. The molecule has 1 heterocycles. The number of fused-ring (bicyclic) bond motifs is 2. The van der Waals surface area contributed by atoms with Gasteiger partial charge in [-0.25, -0.2) is 4.98 Å². The van der Waals surface area contributed by atoms with E-state index < -0.39 is 11.8 Å². The first-order chi connectivity index (χ1) is 15.0. The summed E-state index contributed by atoms with van der Waals surface area (Å²) in [5, 5.41) is 13.5. The monoisotopic (exact) mass is 477 g/mol. The first-order valence-electron chi connectivity index (χ1n) is 9.98. The number of benzene rings is 3. The maximum Gasteiger partial charge on any atom is 0.306 e. The van der Waals surface area contributed by atoms with Gasteiger partial charge in [0.1, 0.15) is 5.69 Å². The van der Waals surface area contributed by atoms with Gasteiger partial charge in [-0.1, -0.05) is 54.6 Å². The molecule has 4 rings (SSSR count). The van der Waals surface area contributed by atoms with E-state index >= 15 is 0 Å². The summed E-state index contributed by atoms with van der Waals surface area (Å²) in [6.07, 6.45) is -0.139. The van der Waals surface area contributed by atoms with Gasteiger partial charge in [-0.2, -0.15) is 0 Å². The van der Waals surface area contributed by atoms with Gasteiger partial charge in [0.25, 0.3) is 0 Å². The van der Waals surface area contributed by atoms with Crippen molar-refractivity contribution in [2.75, 3.05) is 6.61 Å². The minimum Gasteiger partial charge on any atom is -0.504 e. The Morgan fingerprint density at radius 3 is 2.58 bits per heavy atom. The van der Waals surface area contributed by atoms with E-state index in [4.69, 9.17) is 4.74 Å². The zero-order chi connectivity index (χ0) is 22.0. The summed E-state index contributed by atoms with van der Waals surface area (Å²) in [6, 6.07) is 20.0. The molecular weight excluding hydrogens is 458 g/mol. The SMILES string of the molecule is CCOC(=O)CCC(=O)c1nc2cc(-c3cccc4ccccc34)ccc2c(Br)c1O. The van der Waals surface area contributed by atoms with E-state index in [0.29, 0.717) is 15.4 Å². The summed E-state index contributed by atoms with van der Waals surface area (Å²) >= 11 is 3.39. The molecule has 4 aromatic rings. The Morgan fingerprint density at radius 2 is 1.77 bits per heavy atom. The molecule has 1 aromatic heterocycles. The van der Waals surface area contributed by atoms with Crippen LogP contribution in [0.4, 0.5) is 0 Å². The van der Waals surface area contributed by atoms with Crippen LogP contribution in [0.25, 0.3) is 32.8 Å². The van der Waals surface area contributed by atoms with Gasteiger partial charge in [-0.05, 0) is 50.8 Å². The number of carbonyl (C=O) groups is 2. The molecule has 0 aliphatic rings. The van der Waals surface area contributed by atoms with E-state index in [9.17, 15) is 14.7 Å². The van der Waals surface area contributed by atoms with Crippen LogP contribution >= 0.6 is 15.9 Å². The Kier molecular flexibility index (Phi) is 6.00. The normalized spacial score (nSPS) is 11.0. The number of aromatic nitrogens is 1. The molecule has 0 saturated carbocycles. The summed E-state index contributed by atoms with van der Waals surface area (Å²) in [4.78, 5) is 28.7. The quantitative estimate of drug-likeness (QED) is 0.270. The Balaban J connectivity index is 1.76. The lowest BCUT2D eigenvalue weighted by Crippen LogP contribution is -2.09. The number of aromatic hydroxyl groups is 1. The van der Waals surface area contributed by atoms with Crippen molar-refractivity contribution in [2.24, 2.45) is 0 Å². The second-order valence-electron chi connectivity index (χ2n) is 7.11. The van der Waals surface area contributed by atoms with Gasteiger partial charge < -0.3 is 9.84 Å². The predicted octanol–water partition coefficient (Wildman–Crippen LogP) is 6.05. The smallest absolute Gasteiger partial charge is 0.306 e. The molecule has 31 heavy (non-hydrogen) atoms. The molecule has 0 amide bonds. The van der Waals surface area contributed by atoms with Gasteiger partial charge in [-0.3, -0.25) is 9.59 Å². The highest BCUT2D eigenvalue weighted by Gasteiger charge is 2.20. The van der Waals surface area contributed by atoms with Crippen LogP contribution in [0.5, 0.6) is 5.75 Å². The first kappa shape index (κ1) is 21.0. The van der Waals surface area contributed by atoms with Crippen molar-refractivity contribution < 1.29 is 19.4 Å². The number of ketones is 1. The fourth-order valence-corrected chi connectivity index (χ4v) is 4.14. The van der Waals surface area contributed by atoms with Crippen LogP contribution in [0.15, 0.2) is 65.1 Å². The van der Waals surface area contributed by atoms with E-state index in [1.807, 2.05) is 42.5 Å². The van der Waals surface area contributed by atoms with Crippen molar-refractivity contribution in [2.45, 2.75) is 19.8 Å². The molecule has 0 atom stereocenters. The highest BCUT2D eigenvalue weighted by Crippen LogP contribution is 2.37. The fourth-order valence-electron chi connectivity index (χ4n) is 3.62. The minimum atomic E-state index is -0.451. The van der Waals surface area contributed by atoms with Crippen LogP contribution in [0.3, 0.4) is 0 Å². The third kappa shape index (κ3) is 4.16. The van der Waals surface area contributed by atoms with Gasteiger partial charge in [0.2, 0.25) is 0 Å². The van der Waals surface area contributed by atoms with Crippen molar-refractivity contribution in [3.8, 4) is 16.9 Å². The maximum absolute atomic E-state index is 12.6.